The summed E-state index contributed by atoms with van der Waals surface area (Å²) in [5, 5.41) is 1.40. The van der Waals surface area contributed by atoms with Crippen LogP contribution in [0.3, 0.4) is 0 Å². The first-order valence-corrected chi connectivity index (χ1v) is 9.69. The zero-order valence-corrected chi connectivity index (χ0v) is 15.9. The van der Waals surface area contributed by atoms with Crippen molar-refractivity contribution < 1.29 is 4.79 Å². The van der Waals surface area contributed by atoms with Crippen LogP contribution in [0.1, 0.15) is 15.9 Å². The van der Waals surface area contributed by atoms with Crippen molar-refractivity contribution in [2.75, 3.05) is 32.7 Å². The van der Waals surface area contributed by atoms with Crippen molar-refractivity contribution in [3.05, 3.63) is 76.9 Å². The largest absolute Gasteiger partial charge is 0.336 e. The van der Waals surface area contributed by atoms with Crippen LogP contribution in [-0.2, 0) is 6.42 Å². The van der Waals surface area contributed by atoms with Crippen LogP contribution in [-0.4, -0.2) is 53.4 Å². The summed E-state index contributed by atoms with van der Waals surface area (Å²) >= 11 is 5.93. The van der Waals surface area contributed by atoms with Crippen LogP contribution in [0, 0.1) is 0 Å². The van der Waals surface area contributed by atoms with Crippen LogP contribution in [0.2, 0.25) is 5.15 Å². The van der Waals surface area contributed by atoms with Gasteiger partial charge in [0.15, 0.2) is 0 Å². The molecular formula is C22H22ClN3O. The van der Waals surface area contributed by atoms with Gasteiger partial charge in [-0.3, -0.25) is 9.69 Å². The number of halogens is 1. The first-order chi connectivity index (χ1) is 13.2. The van der Waals surface area contributed by atoms with Crippen molar-refractivity contribution >= 4 is 28.4 Å². The van der Waals surface area contributed by atoms with E-state index in [0.717, 1.165) is 50.0 Å². The topological polar surface area (TPSA) is 36.4 Å². The number of aromatic nitrogens is 1. The molecule has 1 aliphatic rings. The maximum Gasteiger partial charge on any atom is 0.253 e. The van der Waals surface area contributed by atoms with Gasteiger partial charge in [-0.05, 0) is 42.3 Å². The summed E-state index contributed by atoms with van der Waals surface area (Å²) in [6.07, 6.45) is 1.05. The van der Waals surface area contributed by atoms with E-state index in [4.69, 9.17) is 11.6 Å². The Morgan fingerprint density at radius 3 is 2.52 bits per heavy atom. The van der Waals surface area contributed by atoms with Gasteiger partial charge < -0.3 is 4.90 Å². The monoisotopic (exact) mass is 379 g/mol. The maximum atomic E-state index is 12.9. The van der Waals surface area contributed by atoms with Crippen molar-refractivity contribution in [1.82, 2.24) is 14.8 Å². The highest BCUT2D eigenvalue weighted by molar-refractivity contribution is 6.29. The standard InChI is InChI=1S/C22H22ClN3O/c23-21-9-7-18-16-19(6-8-20(18)24-21)22(27)26-14-12-25(13-15-26)11-10-17-4-2-1-3-5-17/h1-9,16H,10-15H2. The fraction of sp³-hybridized carbons (Fsp3) is 0.273. The van der Waals surface area contributed by atoms with Gasteiger partial charge in [0.25, 0.3) is 5.91 Å². The maximum absolute atomic E-state index is 12.9. The van der Waals surface area contributed by atoms with E-state index in [0.29, 0.717) is 10.7 Å². The number of pyridine rings is 1. The summed E-state index contributed by atoms with van der Waals surface area (Å²) in [6.45, 7) is 4.41. The van der Waals surface area contributed by atoms with Crippen LogP contribution in [0.25, 0.3) is 10.9 Å². The van der Waals surface area contributed by atoms with Crippen LogP contribution >= 0.6 is 11.6 Å². The number of fused-ring (bicyclic) bond motifs is 1. The van der Waals surface area contributed by atoms with Crippen LogP contribution in [0.4, 0.5) is 0 Å². The summed E-state index contributed by atoms with van der Waals surface area (Å²) in [7, 11) is 0. The Kier molecular flexibility index (Phi) is 5.37. The molecule has 1 amide bonds. The van der Waals surface area contributed by atoms with E-state index in [9.17, 15) is 4.79 Å². The summed E-state index contributed by atoms with van der Waals surface area (Å²) in [4.78, 5) is 21.5. The lowest BCUT2D eigenvalue weighted by molar-refractivity contribution is 0.0638. The molecule has 0 spiro atoms. The Bertz CT molecular complexity index is 937. The van der Waals surface area contributed by atoms with Crippen molar-refractivity contribution in [2.24, 2.45) is 0 Å². The molecule has 0 aliphatic carbocycles. The average Bonchev–Trinajstić information content (AvgIpc) is 2.72. The molecule has 5 heteroatoms. The Morgan fingerprint density at radius 2 is 1.74 bits per heavy atom. The summed E-state index contributed by atoms with van der Waals surface area (Å²) in [5.41, 5.74) is 2.88. The molecule has 4 nitrogen and oxygen atoms in total. The fourth-order valence-corrected chi connectivity index (χ4v) is 3.68. The molecule has 138 valence electrons. The minimum absolute atomic E-state index is 0.0922. The number of hydrogen-bond acceptors (Lipinski definition) is 3. The highest BCUT2D eigenvalue weighted by Gasteiger charge is 2.22. The molecular weight excluding hydrogens is 358 g/mol. The third-order valence-corrected chi connectivity index (χ3v) is 5.33. The van der Waals surface area contributed by atoms with Gasteiger partial charge in [0.1, 0.15) is 5.15 Å². The van der Waals surface area contributed by atoms with Gasteiger partial charge in [-0.2, -0.15) is 0 Å². The molecule has 3 aromatic rings. The number of rotatable bonds is 4. The molecule has 1 aliphatic heterocycles. The van der Waals surface area contributed by atoms with E-state index in [1.807, 2.05) is 35.2 Å². The van der Waals surface area contributed by atoms with Crippen molar-refractivity contribution in [2.45, 2.75) is 6.42 Å². The summed E-state index contributed by atoms with van der Waals surface area (Å²) in [5.74, 6) is 0.0922. The number of carbonyl (C=O) groups is 1. The SMILES string of the molecule is O=C(c1ccc2nc(Cl)ccc2c1)N1CCN(CCc2ccccc2)CC1. The predicted molar refractivity (Wildman–Crippen MR) is 109 cm³/mol. The number of piperazine rings is 1. The second-order valence-electron chi connectivity index (χ2n) is 6.91. The summed E-state index contributed by atoms with van der Waals surface area (Å²) < 4.78 is 0. The Labute approximate surface area is 164 Å². The summed E-state index contributed by atoms with van der Waals surface area (Å²) in [6, 6.07) is 19.8. The zero-order valence-electron chi connectivity index (χ0n) is 15.1. The van der Waals surface area contributed by atoms with Gasteiger partial charge in [-0.15, -0.1) is 0 Å². The molecule has 1 fully saturated rings. The molecule has 0 bridgehead atoms. The first-order valence-electron chi connectivity index (χ1n) is 9.31. The molecule has 0 atom stereocenters. The Balaban J connectivity index is 1.35. The minimum atomic E-state index is 0.0922. The Morgan fingerprint density at radius 1 is 0.963 bits per heavy atom. The molecule has 2 aromatic carbocycles. The van der Waals surface area contributed by atoms with E-state index in [-0.39, 0.29) is 5.91 Å². The predicted octanol–water partition coefficient (Wildman–Crippen LogP) is 3.89. The number of benzene rings is 2. The zero-order chi connectivity index (χ0) is 18.6. The van der Waals surface area contributed by atoms with Gasteiger partial charge in [0, 0.05) is 43.7 Å². The molecule has 0 unspecified atom stereocenters. The molecule has 4 rings (SSSR count). The van der Waals surface area contributed by atoms with Crippen molar-refractivity contribution in [1.29, 1.82) is 0 Å². The third kappa shape index (κ3) is 4.29. The highest BCUT2D eigenvalue weighted by Crippen LogP contribution is 2.19. The number of carbonyl (C=O) groups excluding carboxylic acids is 1. The normalized spacial score (nSPS) is 15.2. The van der Waals surface area contributed by atoms with Gasteiger partial charge in [0.2, 0.25) is 0 Å². The van der Waals surface area contributed by atoms with Crippen LogP contribution in [0.5, 0.6) is 0 Å². The minimum Gasteiger partial charge on any atom is -0.336 e. The van der Waals surface area contributed by atoms with Crippen molar-refractivity contribution in [3.8, 4) is 0 Å². The molecule has 1 aromatic heterocycles. The van der Waals surface area contributed by atoms with E-state index < -0.39 is 0 Å². The molecule has 2 heterocycles. The van der Waals surface area contributed by atoms with Crippen LogP contribution in [0.15, 0.2) is 60.7 Å². The molecule has 27 heavy (non-hydrogen) atoms. The molecule has 0 radical (unpaired) electrons. The first kappa shape index (κ1) is 18.0. The molecule has 1 saturated heterocycles. The quantitative estimate of drug-likeness (QED) is 0.645. The van der Waals surface area contributed by atoms with E-state index in [1.165, 1.54) is 5.56 Å². The average molecular weight is 380 g/mol. The van der Waals surface area contributed by atoms with Gasteiger partial charge >= 0.3 is 0 Å². The van der Waals surface area contributed by atoms with Gasteiger partial charge in [-0.25, -0.2) is 4.98 Å². The second kappa shape index (κ2) is 8.07. The Hall–Kier alpha value is -2.43. The molecule has 0 N–H and O–H groups in total. The van der Waals surface area contributed by atoms with Crippen LogP contribution < -0.4 is 0 Å². The van der Waals surface area contributed by atoms with E-state index in [1.54, 1.807) is 6.07 Å². The second-order valence-corrected chi connectivity index (χ2v) is 7.30. The van der Waals surface area contributed by atoms with Crippen molar-refractivity contribution in [3.63, 3.8) is 0 Å². The lowest BCUT2D eigenvalue weighted by Gasteiger charge is -2.34. The number of amides is 1. The third-order valence-electron chi connectivity index (χ3n) is 5.12. The lowest BCUT2D eigenvalue weighted by atomic mass is 10.1. The van der Waals surface area contributed by atoms with E-state index in [2.05, 4.69) is 34.1 Å². The van der Waals surface area contributed by atoms with Gasteiger partial charge in [0.05, 0.1) is 5.52 Å². The lowest BCUT2D eigenvalue weighted by Crippen LogP contribution is -2.49. The fourth-order valence-electron chi connectivity index (χ4n) is 3.52. The highest BCUT2D eigenvalue weighted by atomic mass is 35.5. The number of hydrogen-bond donors (Lipinski definition) is 0. The smallest absolute Gasteiger partial charge is 0.253 e. The van der Waals surface area contributed by atoms with Gasteiger partial charge in [-0.1, -0.05) is 41.9 Å². The molecule has 0 saturated carbocycles. The van der Waals surface area contributed by atoms with E-state index >= 15 is 0 Å². The number of nitrogens with zero attached hydrogens (tertiary/aromatic N) is 3.